The van der Waals surface area contributed by atoms with Crippen LogP contribution in [0.1, 0.15) is 33.4 Å². The van der Waals surface area contributed by atoms with Crippen molar-refractivity contribution < 1.29 is 28.8 Å². The average Bonchev–Trinajstić information content (AvgIpc) is 3.50. The Balaban J connectivity index is 1.61. The van der Waals surface area contributed by atoms with Crippen LogP contribution in [0.2, 0.25) is 0 Å². The maximum atomic E-state index is 12.8. The van der Waals surface area contributed by atoms with E-state index >= 15 is 0 Å². The van der Waals surface area contributed by atoms with Gasteiger partial charge in [0, 0.05) is 42.9 Å². The van der Waals surface area contributed by atoms with Crippen molar-refractivity contribution in [3.05, 3.63) is 64.4 Å². The molecule has 0 aliphatic rings. The van der Waals surface area contributed by atoms with Crippen molar-refractivity contribution >= 4 is 22.2 Å². The topological polar surface area (TPSA) is 136 Å². The molecule has 2 heterocycles. The van der Waals surface area contributed by atoms with Crippen LogP contribution in [-0.4, -0.2) is 109 Å². The Bertz CT molecular complexity index is 1380. The monoisotopic (exact) mass is 599 g/mol. The van der Waals surface area contributed by atoms with Crippen molar-refractivity contribution in [1.82, 2.24) is 19.9 Å². The summed E-state index contributed by atoms with van der Waals surface area (Å²) in [6, 6.07) is 7.58. The highest BCUT2D eigenvalue weighted by atomic mass is 16.5. The summed E-state index contributed by atoms with van der Waals surface area (Å²) in [6.45, 7) is 13.6. The van der Waals surface area contributed by atoms with Gasteiger partial charge in [0.25, 0.3) is 0 Å². The van der Waals surface area contributed by atoms with E-state index in [1.807, 2.05) is 49.1 Å². The Morgan fingerprint density at radius 1 is 0.930 bits per heavy atom. The number of benzene rings is 1. The minimum atomic E-state index is -0.489. The van der Waals surface area contributed by atoms with E-state index in [9.17, 15) is 9.90 Å². The summed E-state index contributed by atoms with van der Waals surface area (Å²) in [6.07, 6.45) is 5.60. The van der Waals surface area contributed by atoms with Crippen LogP contribution in [0.25, 0.3) is 22.2 Å². The fourth-order valence-electron chi connectivity index (χ4n) is 4.41. The molecule has 12 nitrogen and oxygen atoms in total. The maximum Gasteiger partial charge on any atom is 0.362 e. The highest BCUT2D eigenvalue weighted by molar-refractivity contribution is 5.82. The molecular weight excluding hydrogens is 554 g/mol. The molecule has 0 spiro atoms. The van der Waals surface area contributed by atoms with Crippen LogP contribution in [-0.2, 0) is 14.2 Å². The summed E-state index contributed by atoms with van der Waals surface area (Å²) in [7, 11) is 0. The zero-order valence-corrected chi connectivity index (χ0v) is 25.7. The van der Waals surface area contributed by atoms with E-state index in [1.54, 1.807) is 12.3 Å². The van der Waals surface area contributed by atoms with Crippen molar-refractivity contribution in [2.45, 2.75) is 27.7 Å². The van der Waals surface area contributed by atoms with Crippen molar-refractivity contribution in [1.29, 1.82) is 0 Å². The minimum Gasteiger partial charge on any atom is -0.421 e. The fraction of sp³-hybridized carbons (Fsp3) is 0.516. The first kappa shape index (κ1) is 33.9. The Morgan fingerprint density at radius 2 is 1.63 bits per heavy atom. The highest BCUT2D eigenvalue weighted by Crippen LogP contribution is 2.23. The lowest BCUT2D eigenvalue weighted by molar-refractivity contribution is 0.00529. The molecule has 0 fully saturated rings. The maximum absolute atomic E-state index is 12.8. The molecule has 43 heavy (non-hydrogen) atoms. The smallest absolute Gasteiger partial charge is 0.362 e. The second-order valence-corrected chi connectivity index (χ2v) is 9.79. The molecule has 12 heteroatoms. The van der Waals surface area contributed by atoms with Gasteiger partial charge in [0.2, 0.25) is 0 Å². The number of aliphatic hydroxyl groups excluding tert-OH is 2. The SMILES string of the molecule is CCN(CC)c1ccc2oc(=O)c(-n3cc(/C(C)=C/C=C(\C)N(CCO)CCOCCOCCOCCO)nn3)cc2c1. The third-order valence-corrected chi connectivity index (χ3v) is 6.90. The lowest BCUT2D eigenvalue weighted by Gasteiger charge is -2.24. The van der Waals surface area contributed by atoms with Gasteiger partial charge in [-0.3, -0.25) is 0 Å². The molecule has 0 amide bonds. The average molecular weight is 600 g/mol. The first-order valence-corrected chi connectivity index (χ1v) is 14.7. The van der Waals surface area contributed by atoms with Crippen LogP contribution in [0.4, 0.5) is 5.69 Å². The standard InChI is InChI=1S/C31H45N5O7/c1-5-34(6-2)27-9-10-30-26(21-27)22-29(31(39)43-30)36-23-28(32-33-36)24(3)7-8-25(4)35(11-13-37)12-15-40-17-19-42-20-18-41-16-14-38/h7-10,21-23,37-38H,5-6,11-20H2,1-4H3/b24-7+,25-8+. The van der Waals surface area contributed by atoms with Gasteiger partial charge in [-0.05, 0) is 63.6 Å². The van der Waals surface area contributed by atoms with Crippen LogP contribution < -0.4 is 10.5 Å². The Morgan fingerprint density at radius 3 is 2.30 bits per heavy atom. The highest BCUT2D eigenvalue weighted by Gasteiger charge is 2.13. The Hall–Kier alpha value is -3.55. The van der Waals surface area contributed by atoms with Crippen molar-refractivity contribution in [3.63, 3.8) is 0 Å². The van der Waals surface area contributed by atoms with Gasteiger partial charge < -0.3 is 38.6 Å². The predicted octanol–water partition coefficient (Wildman–Crippen LogP) is 2.86. The number of nitrogens with zero attached hydrogens (tertiary/aromatic N) is 5. The van der Waals surface area contributed by atoms with Gasteiger partial charge in [0.1, 0.15) is 11.3 Å². The van der Waals surface area contributed by atoms with E-state index in [0.717, 1.165) is 35.4 Å². The van der Waals surface area contributed by atoms with Crippen LogP contribution in [0, 0.1) is 0 Å². The molecule has 0 radical (unpaired) electrons. The number of anilines is 1. The molecule has 236 valence electrons. The molecule has 0 aliphatic carbocycles. The summed E-state index contributed by atoms with van der Waals surface area (Å²) in [4.78, 5) is 17.0. The van der Waals surface area contributed by atoms with Gasteiger partial charge in [-0.1, -0.05) is 11.3 Å². The van der Waals surface area contributed by atoms with Crippen molar-refractivity contribution in [2.24, 2.45) is 0 Å². The number of allylic oxidation sites excluding steroid dienone is 4. The number of rotatable bonds is 20. The second-order valence-electron chi connectivity index (χ2n) is 9.79. The van der Waals surface area contributed by atoms with E-state index in [0.29, 0.717) is 64.0 Å². The Kier molecular flexibility index (Phi) is 14.4. The quantitative estimate of drug-likeness (QED) is 0.113. The van der Waals surface area contributed by atoms with Crippen LogP contribution in [0.5, 0.6) is 0 Å². The van der Waals surface area contributed by atoms with Gasteiger partial charge in [-0.2, -0.15) is 0 Å². The number of ether oxygens (including phenoxy) is 3. The zero-order chi connectivity index (χ0) is 31.0. The third-order valence-electron chi connectivity index (χ3n) is 6.90. The summed E-state index contributed by atoms with van der Waals surface area (Å²) in [5.41, 5.74) is 3.83. The number of hydrogen-bond acceptors (Lipinski definition) is 11. The summed E-state index contributed by atoms with van der Waals surface area (Å²) >= 11 is 0. The van der Waals surface area contributed by atoms with Gasteiger partial charge in [0.05, 0.1) is 59.1 Å². The van der Waals surface area contributed by atoms with E-state index in [2.05, 4.69) is 29.1 Å². The third kappa shape index (κ3) is 10.3. The molecule has 0 bridgehead atoms. The van der Waals surface area contributed by atoms with Gasteiger partial charge in [-0.25, -0.2) is 9.48 Å². The summed E-state index contributed by atoms with van der Waals surface area (Å²) in [5.74, 6) is 0. The summed E-state index contributed by atoms with van der Waals surface area (Å²) in [5, 5.41) is 27.5. The number of hydrogen-bond donors (Lipinski definition) is 2. The predicted molar refractivity (Wildman–Crippen MR) is 167 cm³/mol. The van der Waals surface area contributed by atoms with Gasteiger partial charge in [0.15, 0.2) is 5.69 Å². The molecule has 0 saturated heterocycles. The van der Waals surface area contributed by atoms with Crippen molar-refractivity contribution in [2.75, 3.05) is 83.9 Å². The lowest BCUT2D eigenvalue weighted by Crippen LogP contribution is -2.29. The van der Waals surface area contributed by atoms with Gasteiger partial charge in [-0.15, -0.1) is 5.10 Å². The zero-order valence-electron chi connectivity index (χ0n) is 25.7. The normalized spacial score (nSPS) is 12.3. The first-order valence-electron chi connectivity index (χ1n) is 14.7. The summed E-state index contributed by atoms with van der Waals surface area (Å²) < 4.78 is 23.3. The molecule has 0 unspecified atom stereocenters. The molecule has 1 aromatic carbocycles. The largest absolute Gasteiger partial charge is 0.421 e. The van der Waals surface area contributed by atoms with E-state index in [1.165, 1.54) is 4.68 Å². The number of aliphatic hydroxyl groups is 2. The van der Waals surface area contributed by atoms with Crippen LogP contribution in [0.3, 0.4) is 0 Å². The van der Waals surface area contributed by atoms with E-state index in [-0.39, 0.29) is 18.9 Å². The van der Waals surface area contributed by atoms with Crippen LogP contribution >= 0.6 is 0 Å². The molecule has 2 N–H and O–H groups in total. The van der Waals surface area contributed by atoms with Gasteiger partial charge >= 0.3 is 5.63 Å². The number of fused-ring (bicyclic) bond motifs is 1. The van der Waals surface area contributed by atoms with Crippen LogP contribution in [0.15, 0.2) is 57.5 Å². The lowest BCUT2D eigenvalue weighted by atomic mass is 10.2. The molecular formula is C31H45N5O7. The molecule has 3 rings (SSSR count). The first-order chi connectivity index (χ1) is 20.9. The molecule has 2 aromatic heterocycles. The second kappa shape index (κ2) is 18.2. The molecule has 0 saturated carbocycles. The fourth-order valence-corrected chi connectivity index (χ4v) is 4.41. The molecule has 3 aromatic rings. The molecule has 0 aliphatic heterocycles. The van der Waals surface area contributed by atoms with Crippen molar-refractivity contribution in [3.8, 4) is 5.69 Å². The number of aromatic nitrogens is 3. The minimum absolute atomic E-state index is 0.00292. The van der Waals surface area contributed by atoms with E-state index in [4.69, 9.17) is 23.7 Å². The molecule has 0 atom stereocenters. The Labute approximate surface area is 252 Å². The van der Waals surface area contributed by atoms with E-state index < -0.39 is 5.63 Å².